The quantitative estimate of drug-likeness (QED) is 0.230. The molecule has 1 fully saturated rings. The maximum Gasteiger partial charge on any atom is 0.354 e. The van der Waals surface area contributed by atoms with Gasteiger partial charge in [0.25, 0.3) is 33.7 Å². The summed E-state index contributed by atoms with van der Waals surface area (Å²) in [6.07, 6.45) is 4.72. The van der Waals surface area contributed by atoms with Gasteiger partial charge in [-0.3, -0.25) is 28.6 Å². The largest absolute Gasteiger partial charge is 0.373 e. The Kier molecular flexibility index (Phi) is 10.5. The number of carbonyl (C=O) groups excluding carboxylic acids is 5. The molecule has 0 aromatic carbocycles. The first-order valence-corrected chi connectivity index (χ1v) is 15.3. The molecule has 40 heavy (non-hydrogen) atoms. The monoisotopic (exact) mass is 602 g/mol. The Morgan fingerprint density at radius 3 is 2.08 bits per heavy atom. The van der Waals surface area contributed by atoms with Gasteiger partial charge in [-0.1, -0.05) is 26.8 Å². The number of rotatable bonds is 14. The van der Waals surface area contributed by atoms with Gasteiger partial charge in [0.05, 0.1) is 17.7 Å². The molecule has 1 saturated heterocycles. The second kappa shape index (κ2) is 12.5. The van der Waals surface area contributed by atoms with E-state index in [2.05, 4.69) is 0 Å². The van der Waals surface area contributed by atoms with E-state index in [-0.39, 0.29) is 36.3 Å². The standard InChI is InChI=1S/C26H38N2O10S2/c1-8-26(7,27-18(29)9-10-19(27)30)16-37-25(5,6)13-14-39-17(2)15-24(3,4)22(40(34,35)36)23(33)38-28-20(31)11-12-21(28)32/h9-10,15,22H,8,11-14,16H2,1-7H3,(H,34,35,36)/b17-15+. The lowest BCUT2D eigenvalue weighted by Gasteiger charge is -2.39. The number of allylic oxidation sites excluding steroid dienone is 2. The Bertz CT molecular complexity index is 1190. The van der Waals surface area contributed by atoms with Crippen molar-refractivity contribution in [1.82, 2.24) is 9.96 Å². The topological polar surface area (TPSA) is 165 Å². The molecule has 1 N–H and O–H groups in total. The van der Waals surface area contributed by atoms with Crippen LogP contribution in [-0.4, -0.2) is 81.3 Å². The van der Waals surface area contributed by atoms with Crippen LogP contribution in [0.2, 0.25) is 0 Å². The van der Waals surface area contributed by atoms with Crippen molar-refractivity contribution < 1.29 is 46.5 Å². The predicted octanol–water partition coefficient (Wildman–Crippen LogP) is 2.79. The molecule has 0 saturated carbocycles. The summed E-state index contributed by atoms with van der Waals surface area (Å²) < 4.78 is 40.3. The van der Waals surface area contributed by atoms with E-state index in [9.17, 15) is 36.9 Å². The minimum atomic E-state index is -4.98. The number of hydrogen-bond donors (Lipinski definition) is 1. The number of nitrogens with zero attached hydrogens (tertiary/aromatic N) is 2. The Labute approximate surface area is 239 Å². The Morgan fingerprint density at radius 1 is 1.07 bits per heavy atom. The van der Waals surface area contributed by atoms with Crippen molar-refractivity contribution in [3.8, 4) is 0 Å². The van der Waals surface area contributed by atoms with Crippen molar-refractivity contribution in [2.24, 2.45) is 5.41 Å². The van der Waals surface area contributed by atoms with Crippen LogP contribution in [-0.2, 0) is 43.7 Å². The molecule has 0 aromatic heterocycles. The SMILES string of the molecule is CCC(C)(COC(C)(C)CCS/C(C)=C/C(C)(C)C(C(=O)ON1C(=O)CCC1=O)S(=O)(=O)O)N1C(=O)C=CC1=O. The first-order valence-electron chi connectivity index (χ1n) is 12.8. The number of amides is 4. The van der Waals surface area contributed by atoms with Crippen molar-refractivity contribution in [2.45, 2.75) is 90.5 Å². The third kappa shape index (κ3) is 8.24. The zero-order valence-electron chi connectivity index (χ0n) is 23.9. The van der Waals surface area contributed by atoms with Crippen molar-refractivity contribution in [2.75, 3.05) is 12.4 Å². The lowest BCUT2D eigenvalue weighted by molar-refractivity contribution is -0.198. The van der Waals surface area contributed by atoms with Crippen LogP contribution in [0.25, 0.3) is 0 Å². The summed E-state index contributed by atoms with van der Waals surface area (Å²) in [7, 11) is -4.98. The zero-order chi connectivity index (χ0) is 30.7. The second-order valence-electron chi connectivity index (χ2n) is 11.3. The number of hydrogen-bond acceptors (Lipinski definition) is 10. The third-order valence-corrected chi connectivity index (χ3v) is 9.25. The molecule has 12 nitrogen and oxygen atoms in total. The third-order valence-electron chi connectivity index (χ3n) is 6.87. The highest BCUT2D eigenvalue weighted by atomic mass is 32.2. The highest BCUT2D eigenvalue weighted by molar-refractivity contribution is 8.03. The Hall–Kier alpha value is -2.55. The van der Waals surface area contributed by atoms with Gasteiger partial charge in [0.1, 0.15) is 0 Å². The zero-order valence-corrected chi connectivity index (χ0v) is 25.5. The number of imide groups is 2. The van der Waals surface area contributed by atoms with E-state index in [1.165, 1.54) is 48.7 Å². The van der Waals surface area contributed by atoms with Gasteiger partial charge in [-0.15, -0.1) is 16.8 Å². The van der Waals surface area contributed by atoms with Crippen LogP contribution < -0.4 is 0 Å². The van der Waals surface area contributed by atoms with Crippen LogP contribution in [0.15, 0.2) is 23.1 Å². The van der Waals surface area contributed by atoms with Gasteiger partial charge in [0.15, 0.2) is 5.25 Å². The van der Waals surface area contributed by atoms with E-state index < -0.39 is 49.7 Å². The molecule has 2 atom stereocenters. The molecular formula is C26H38N2O10S2. The summed E-state index contributed by atoms with van der Waals surface area (Å²) >= 11 is 1.37. The lowest BCUT2D eigenvalue weighted by Crippen LogP contribution is -2.53. The summed E-state index contributed by atoms with van der Waals surface area (Å²) in [5.74, 6) is -3.20. The summed E-state index contributed by atoms with van der Waals surface area (Å²) in [4.78, 5) is 67.3. The smallest absolute Gasteiger partial charge is 0.354 e. The fourth-order valence-corrected chi connectivity index (χ4v) is 6.81. The lowest BCUT2D eigenvalue weighted by atomic mass is 9.88. The van der Waals surface area contributed by atoms with Gasteiger partial charge < -0.3 is 9.57 Å². The minimum absolute atomic E-state index is 0.141. The maximum absolute atomic E-state index is 12.7. The van der Waals surface area contributed by atoms with Crippen molar-refractivity contribution >= 4 is 51.5 Å². The first-order chi connectivity index (χ1) is 18.2. The predicted molar refractivity (Wildman–Crippen MR) is 147 cm³/mol. The molecule has 14 heteroatoms. The van der Waals surface area contributed by atoms with E-state index in [0.29, 0.717) is 23.5 Å². The van der Waals surface area contributed by atoms with Crippen molar-refractivity contribution in [3.63, 3.8) is 0 Å². The van der Waals surface area contributed by atoms with Crippen LogP contribution in [0.3, 0.4) is 0 Å². The molecule has 4 amide bonds. The Morgan fingerprint density at radius 2 is 1.60 bits per heavy atom. The normalized spacial score (nSPS) is 19.4. The van der Waals surface area contributed by atoms with Gasteiger partial charge in [-0.2, -0.15) is 8.42 Å². The molecule has 224 valence electrons. The van der Waals surface area contributed by atoms with E-state index in [4.69, 9.17) is 9.57 Å². The van der Waals surface area contributed by atoms with Crippen molar-refractivity contribution in [3.05, 3.63) is 23.1 Å². The average Bonchev–Trinajstić information content (AvgIpc) is 3.31. The van der Waals surface area contributed by atoms with E-state index in [1.54, 1.807) is 13.8 Å². The van der Waals surface area contributed by atoms with Crippen LogP contribution in [0, 0.1) is 5.41 Å². The summed E-state index contributed by atoms with van der Waals surface area (Å²) in [6.45, 7) is 12.1. The molecule has 0 bridgehead atoms. The number of carbonyl (C=O) groups is 5. The van der Waals surface area contributed by atoms with E-state index >= 15 is 0 Å². The molecule has 0 radical (unpaired) electrons. The number of ether oxygens (including phenoxy) is 1. The molecule has 0 aromatic rings. The highest BCUT2D eigenvalue weighted by Gasteiger charge is 2.47. The van der Waals surface area contributed by atoms with Crippen molar-refractivity contribution in [1.29, 1.82) is 0 Å². The molecule has 0 spiro atoms. The van der Waals surface area contributed by atoms with E-state index in [0.717, 1.165) is 0 Å². The van der Waals surface area contributed by atoms with Crippen LogP contribution in [0.1, 0.15) is 74.1 Å². The second-order valence-corrected chi connectivity index (χ2v) is 14.1. The summed E-state index contributed by atoms with van der Waals surface area (Å²) in [6, 6.07) is 0. The first kappa shape index (κ1) is 33.7. The van der Waals surface area contributed by atoms with Crippen LogP contribution in [0.4, 0.5) is 0 Å². The van der Waals surface area contributed by atoms with Gasteiger partial charge in [0, 0.05) is 36.2 Å². The molecule has 2 aliphatic rings. The maximum atomic E-state index is 12.7. The summed E-state index contributed by atoms with van der Waals surface area (Å²) in [5, 5.41) is -1.85. The Balaban J connectivity index is 2.03. The molecule has 2 unspecified atom stereocenters. The summed E-state index contributed by atoms with van der Waals surface area (Å²) in [5.41, 5.74) is -2.91. The van der Waals surface area contributed by atoms with Gasteiger partial charge in [0.2, 0.25) is 0 Å². The van der Waals surface area contributed by atoms with Gasteiger partial charge in [-0.25, -0.2) is 4.79 Å². The fourth-order valence-electron chi connectivity index (χ4n) is 4.38. The average molecular weight is 603 g/mol. The number of hydroxylamine groups is 2. The van der Waals surface area contributed by atoms with E-state index in [1.807, 2.05) is 20.8 Å². The van der Waals surface area contributed by atoms with Crippen LogP contribution in [0.5, 0.6) is 0 Å². The van der Waals surface area contributed by atoms with Gasteiger partial charge in [-0.05, 0) is 45.4 Å². The number of thioether (sulfide) groups is 1. The molecule has 2 heterocycles. The molecule has 2 rings (SSSR count). The van der Waals surface area contributed by atoms with Crippen LogP contribution >= 0.6 is 11.8 Å². The molecule has 0 aliphatic carbocycles. The minimum Gasteiger partial charge on any atom is -0.373 e. The van der Waals surface area contributed by atoms with Gasteiger partial charge >= 0.3 is 5.97 Å². The highest BCUT2D eigenvalue weighted by Crippen LogP contribution is 2.34. The molecule has 2 aliphatic heterocycles. The fraction of sp³-hybridized carbons (Fsp3) is 0.654. The molecular weight excluding hydrogens is 564 g/mol.